The lowest BCUT2D eigenvalue weighted by molar-refractivity contribution is 0.462. The van der Waals surface area contributed by atoms with Crippen molar-refractivity contribution in [2.24, 2.45) is 0 Å². The van der Waals surface area contributed by atoms with Crippen molar-refractivity contribution in [1.82, 2.24) is 10.3 Å². The Kier molecular flexibility index (Phi) is 5.80. The van der Waals surface area contributed by atoms with Crippen LogP contribution in [0.3, 0.4) is 0 Å². The first-order valence-corrected chi connectivity index (χ1v) is 7.36. The fourth-order valence-corrected chi connectivity index (χ4v) is 2.02. The summed E-state index contributed by atoms with van der Waals surface area (Å²) >= 11 is 0. The van der Waals surface area contributed by atoms with Crippen molar-refractivity contribution >= 4 is 5.82 Å². The summed E-state index contributed by atoms with van der Waals surface area (Å²) in [5.41, 5.74) is 1.40. The molecule has 0 aliphatic carbocycles. The fraction of sp³-hybridized carbons (Fsp3) is 0.688. The van der Waals surface area contributed by atoms with Gasteiger partial charge in [-0.15, -0.1) is 0 Å². The number of nitrogens with zero attached hydrogens (tertiary/aromatic N) is 2. The number of nitrogens with one attached hydrogen (secondary N) is 1. The Bertz CT molecular complexity index is 387. The molecule has 0 saturated carbocycles. The second kappa shape index (κ2) is 6.90. The van der Waals surface area contributed by atoms with E-state index in [9.17, 15) is 0 Å². The Balaban J connectivity index is 3.01. The first-order chi connectivity index (χ1) is 8.94. The zero-order valence-electron chi connectivity index (χ0n) is 13.3. The number of aromatic nitrogens is 1. The molecule has 1 N–H and O–H groups in total. The topological polar surface area (TPSA) is 28.2 Å². The van der Waals surface area contributed by atoms with Gasteiger partial charge in [-0.2, -0.15) is 0 Å². The predicted molar refractivity (Wildman–Crippen MR) is 83.7 cm³/mol. The van der Waals surface area contributed by atoms with Crippen LogP contribution in [-0.4, -0.2) is 24.1 Å². The van der Waals surface area contributed by atoms with Gasteiger partial charge < -0.3 is 10.2 Å². The van der Waals surface area contributed by atoms with Crippen LogP contribution in [0.1, 0.15) is 59.1 Å². The second-order valence-corrected chi connectivity index (χ2v) is 5.82. The molecule has 0 amide bonds. The van der Waals surface area contributed by atoms with Crippen LogP contribution >= 0.6 is 0 Å². The van der Waals surface area contributed by atoms with Gasteiger partial charge in [-0.1, -0.05) is 19.9 Å². The summed E-state index contributed by atoms with van der Waals surface area (Å²) in [6.07, 6.45) is 4.13. The molecule has 3 nitrogen and oxygen atoms in total. The minimum Gasteiger partial charge on any atom is -0.354 e. The number of pyridine rings is 1. The molecule has 1 heterocycles. The van der Waals surface area contributed by atoms with Gasteiger partial charge >= 0.3 is 0 Å². The third-order valence-electron chi connectivity index (χ3n) is 4.07. The molecule has 1 rings (SSSR count). The van der Waals surface area contributed by atoms with E-state index in [1.54, 1.807) is 0 Å². The minimum atomic E-state index is 0.119. The van der Waals surface area contributed by atoms with Crippen molar-refractivity contribution in [3.05, 3.63) is 23.9 Å². The summed E-state index contributed by atoms with van der Waals surface area (Å²) in [5, 5.41) is 3.55. The first-order valence-electron chi connectivity index (χ1n) is 7.36. The summed E-state index contributed by atoms with van der Waals surface area (Å²) in [5.74, 6) is 1.09. The van der Waals surface area contributed by atoms with E-state index in [0.29, 0.717) is 6.04 Å². The lowest BCUT2D eigenvalue weighted by Crippen LogP contribution is -2.42. The van der Waals surface area contributed by atoms with E-state index in [4.69, 9.17) is 0 Å². The molecule has 1 atom stereocenters. The molecular formula is C16H29N3. The summed E-state index contributed by atoms with van der Waals surface area (Å²) in [6.45, 7) is 12.2. The molecule has 0 fully saturated rings. The van der Waals surface area contributed by atoms with E-state index < -0.39 is 0 Å². The summed E-state index contributed by atoms with van der Waals surface area (Å²) in [6, 6.07) is 4.53. The van der Waals surface area contributed by atoms with E-state index in [1.165, 1.54) is 5.56 Å². The third kappa shape index (κ3) is 3.93. The molecule has 0 aliphatic heterocycles. The van der Waals surface area contributed by atoms with Crippen LogP contribution in [0.2, 0.25) is 0 Å². The van der Waals surface area contributed by atoms with E-state index in [0.717, 1.165) is 25.2 Å². The van der Waals surface area contributed by atoms with Crippen LogP contribution in [0.5, 0.6) is 0 Å². The lowest BCUT2D eigenvalue weighted by Gasteiger charge is -2.37. The van der Waals surface area contributed by atoms with Crippen LogP contribution < -0.4 is 10.2 Å². The zero-order valence-corrected chi connectivity index (χ0v) is 13.3. The average Bonchev–Trinajstić information content (AvgIpc) is 2.43. The zero-order chi connectivity index (χ0) is 14.5. The molecule has 19 heavy (non-hydrogen) atoms. The SMILES string of the molecule is CCCNC(C)c1cccnc1N(C)C(C)(C)CC. The van der Waals surface area contributed by atoms with Gasteiger partial charge in [0, 0.05) is 30.4 Å². The largest absolute Gasteiger partial charge is 0.354 e. The first kappa shape index (κ1) is 16.0. The number of anilines is 1. The van der Waals surface area contributed by atoms with E-state index in [1.807, 2.05) is 12.3 Å². The van der Waals surface area contributed by atoms with Gasteiger partial charge in [0.1, 0.15) is 5.82 Å². The third-order valence-corrected chi connectivity index (χ3v) is 4.07. The lowest BCUT2D eigenvalue weighted by atomic mass is 9.98. The standard InChI is InChI=1S/C16H29N3/c1-7-11-17-13(3)14-10-9-12-18-15(14)19(6)16(4,5)8-2/h9-10,12-13,17H,7-8,11H2,1-6H3. The molecular weight excluding hydrogens is 234 g/mol. The van der Waals surface area contributed by atoms with Gasteiger partial charge in [-0.3, -0.25) is 0 Å². The summed E-state index contributed by atoms with van der Waals surface area (Å²) in [4.78, 5) is 6.91. The average molecular weight is 263 g/mol. The van der Waals surface area contributed by atoms with Gasteiger partial charge in [0.15, 0.2) is 0 Å². The Morgan fingerprint density at radius 2 is 2.05 bits per heavy atom. The maximum absolute atomic E-state index is 4.61. The molecule has 0 radical (unpaired) electrons. The Labute approximate surface area is 118 Å². The fourth-order valence-electron chi connectivity index (χ4n) is 2.02. The molecule has 0 bridgehead atoms. The molecule has 0 spiro atoms. The molecule has 1 aromatic heterocycles. The Morgan fingerprint density at radius 1 is 1.37 bits per heavy atom. The van der Waals surface area contributed by atoms with Crippen LogP contribution in [0.4, 0.5) is 5.82 Å². The van der Waals surface area contributed by atoms with Crippen molar-refractivity contribution in [1.29, 1.82) is 0 Å². The van der Waals surface area contributed by atoms with Gasteiger partial charge in [-0.25, -0.2) is 4.98 Å². The van der Waals surface area contributed by atoms with Gasteiger partial charge in [0.25, 0.3) is 0 Å². The molecule has 0 aromatic carbocycles. The maximum Gasteiger partial charge on any atom is 0.133 e. The van der Waals surface area contributed by atoms with Crippen LogP contribution in [-0.2, 0) is 0 Å². The predicted octanol–water partition coefficient (Wildman–Crippen LogP) is 3.77. The number of hydrogen-bond donors (Lipinski definition) is 1. The maximum atomic E-state index is 4.61. The molecule has 0 saturated heterocycles. The molecule has 1 unspecified atom stereocenters. The van der Waals surface area contributed by atoms with Crippen LogP contribution in [0.25, 0.3) is 0 Å². The molecule has 3 heteroatoms. The number of hydrogen-bond acceptors (Lipinski definition) is 3. The van der Waals surface area contributed by atoms with Crippen LogP contribution in [0, 0.1) is 0 Å². The van der Waals surface area contributed by atoms with Crippen molar-refractivity contribution in [3.8, 4) is 0 Å². The van der Waals surface area contributed by atoms with Gasteiger partial charge in [0.05, 0.1) is 0 Å². The van der Waals surface area contributed by atoms with Crippen molar-refractivity contribution in [3.63, 3.8) is 0 Å². The molecule has 108 valence electrons. The van der Waals surface area contributed by atoms with E-state index in [2.05, 4.69) is 62.9 Å². The highest BCUT2D eigenvalue weighted by atomic mass is 15.2. The summed E-state index contributed by atoms with van der Waals surface area (Å²) in [7, 11) is 2.14. The number of rotatable bonds is 7. The Morgan fingerprint density at radius 3 is 2.63 bits per heavy atom. The van der Waals surface area contributed by atoms with Crippen molar-refractivity contribution in [2.75, 3.05) is 18.5 Å². The van der Waals surface area contributed by atoms with Crippen molar-refractivity contribution in [2.45, 2.75) is 59.0 Å². The summed E-state index contributed by atoms with van der Waals surface area (Å²) < 4.78 is 0. The normalized spacial score (nSPS) is 13.4. The van der Waals surface area contributed by atoms with Gasteiger partial charge in [-0.05, 0) is 46.2 Å². The van der Waals surface area contributed by atoms with E-state index in [-0.39, 0.29) is 5.54 Å². The van der Waals surface area contributed by atoms with Crippen molar-refractivity contribution < 1.29 is 0 Å². The monoisotopic (exact) mass is 263 g/mol. The highest BCUT2D eigenvalue weighted by Crippen LogP contribution is 2.29. The smallest absolute Gasteiger partial charge is 0.133 e. The second-order valence-electron chi connectivity index (χ2n) is 5.82. The highest BCUT2D eigenvalue weighted by molar-refractivity contribution is 5.49. The molecule has 1 aromatic rings. The molecule has 0 aliphatic rings. The Hall–Kier alpha value is -1.09. The van der Waals surface area contributed by atoms with Gasteiger partial charge in [0.2, 0.25) is 0 Å². The quantitative estimate of drug-likeness (QED) is 0.811. The van der Waals surface area contributed by atoms with Crippen LogP contribution in [0.15, 0.2) is 18.3 Å². The van der Waals surface area contributed by atoms with E-state index >= 15 is 0 Å². The highest BCUT2D eigenvalue weighted by Gasteiger charge is 2.25. The minimum absolute atomic E-state index is 0.119.